The van der Waals surface area contributed by atoms with E-state index < -0.39 is 0 Å². The molecule has 0 aliphatic heterocycles. The van der Waals surface area contributed by atoms with E-state index in [2.05, 4.69) is 0 Å². The van der Waals surface area contributed by atoms with Crippen LogP contribution in [0.15, 0.2) is 25.7 Å². The number of ketones is 2. The summed E-state index contributed by atoms with van der Waals surface area (Å²) in [6, 6.07) is 0. The van der Waals surface area contributed by atoms with Gasteiger partial charge >= 0.3 is 0 Å². The van der Waals surface area contributed by atoms with Gasteiger partial charge in [0.25, 0.3) is 5.56 Å². The average molecular weight is 327 g/mol. The van der Waals surface area contributed by atoms with E-state index in [-0.39, 0.29) is 22.7 Å². The van der Waals surface area contributed by atoms with Crippen molar-refractivity contribution in [1.29, 1.82) is 0 Å². The Hall–Kier alpha value is -0.920. The molecule has 20 heavy (non-hydrogen) atoms. The number of Topliss-reactive ketones (excluding diaryl/α,β-unsaturated/α-hetero) is 2. The van der Waals surface area contributed by atoms with Gasteiger partial charge in [-0.1, -0.05) is 0 Å². The minimum Gasteiger partial charge on any atom is -0.317 e. The van der Waals surface area contributed by atoms with Crippen LogP contribution in [-0.4, -0.2) is 34.9 Å². The van der Waals surface area contributed by atoms with Gasteiger partial charge in [-0.05, 0) is 18.8 Å². The van der Waals surface area contributed by atoms with E-state index in [9.17, 15) is 14.4 Å². The molecule has 0 aromatic carbocycles. The third-order valence-corrected chi connectivity index (χ3v) is 5.55. The van der Waals surface area contributed by atoms with Crippen molar-refractivity contribution < 1.29 is 9.59 Å². The molecule has 0 bridgehead atoms. The molecule has 0 spiro atoms. The van der Waals surface area contributed by atoms with Gasteiger partial charge in [0.1, 0.15) is 0 Å². The number of rotatable bonds is 3. The molecule has 0 atom stereocenters. The van der Waals surface area contributed by atoms with E-state index >= 15 is 0 Å². The van der Waals surface area contributed by atoms with E-state index in [0.717, 1.165) is 0 Å². The Bertz CT molecular complexity index is 704. The van der Waals surface area contributed by atoms with Crippen molar-refractivity contribution in [2.24, 2.45) is 7.05 Å². The van der Waals surface area contributed by atoms with E-state index in [1.165, 1.54) is 46.0 Å². The fourth-order valence-corrected chi connectivity index (χ4v) is 4.47. The Labute approximate surface area is 129 Å². The SMILES string of the molecule is CSC1=C(SC)C(=O)c2c(cn(C)c(=O)c2SC)C1=O. The van der Waals surface area contributed by atoms with Crippen molar-refractivity contribution in [3.8, 4) is 0 Å². The predicted molar refractivity (Wildman–Crippen MR) is 86.2 cm³/mol. The van der Waals surface area contributed by atoms with Gasteiger partial charge in [-0.25, -0.2) is 0 Å². The van der Waals surface area contributed by atoms with Gasteiger partial charge in [0.15, 0.2) is 0 Å². The fraction of sp³-hybridized carbons (Fsp3) is 0.308. The molecule has 7 heteroatoms. The lowest BCUT2D eigenvalue weighted by Crippen LogP contribution is -2.29. The van der Waals surface area contributed by atoms with Crippen LogP contribution in [0.5, 0.6) is 0 Å². The Morgan fingerprint density at radius 3 is 1.95 bits per heavy atom. The zero-order valence-corrected chi connectivity index (χ0v) is 13.9. The van der Waals surface area contributed by atoms with Crippen LogP contribution in [-0.2, 0) is 7.05 Å². The quantitative estimate of drug-likeness (QED) is 0.795. The lowest BCUT2D eigenvalue weighted by Gasteiger charge is -2.21. The molecule has 4 nitrogen and oxygen atoms in total. The van der Waals surface area contributed by atoms with Crippen LogP contribution in [0.25, 0.3) is 0 Å². The van der Waals surface area contributed by atoms with Gasteiger partial charge < -0.3 is 4.57 Å². The first-order chi connectivity index (χ1) is 9.47. The number of fused-ring (bicyclic) bond motifs is 1. The highest BCUT2D eigenvalue weighted by atomic mass is 32.2. The van der Waals surface area contributed by atoms with Crippen LogP contribution < -0.4 is 5.56 Å². The monoisotopic (exact) mass is 327 g/mol. The van der Waals surface area contributed by atoms with E-state index in [4.69, 9.17) is 0 Å². The van der Waals surface area contributed by atoms with Gasteiger partial charge in [0, 0.05) is 13.2 Å². The lowest BCUT2D eigenvalue weighted by atomic mass is 9.96. The highest BCUT2D eigenvalue weighted by Crippen LogP contribution is 2.38. The summed E-state index contributed by atoms with van der Waals surface area (Å²) in [5.74, 6) is -0.402. The number of hydrogen-bond donors (Lipinski definition) is 0. The Morgan fingerprint density at radius 1 is 0.900 bits per heavy atom. The summed E-state index contributed by atoms with van der Waals surface area (Å²) >= 11 is 3.73. The van der Waals surface area contributed by atoms with Crippen LogP contribution in [0.4, 0.5) is 0 Å². The third kappa shape index (κ3) is 2.17. The number of hydrogen-bond acceptors (Lipinski definition) is 6. The summed E-state index contributed by atoms with van der Waals surface area (Å²) in [5.41, 5.74) is 0.335. The second-order valence-corrected chi connectivity index (χ2v) is 6.54. The molecule has 0 amide bonds. The number of allylic oxidation sites excluding steroid dienone is 2. The molecular formula is C13H13NO3S3. The molecule has 106 valence electrons. The van der Waals surface area contributed by atoms with Gasteiger partial charge in [0.05, 0.1) is 25.8 Å². The summed E-state index contributed by atoms with van der Waals surface area (Å²) in [6.45, 7) is 0. The van der Waals surface area contributed by atoms with E-state index in [1.807, 2.05) is 0 Å². The van der Waals surface area contributed by atoms with Gasteiger partial charge in [-0.2, -0.15) is 0 Å². The fourth-order valence-electron chi connectivity index (χ4n) is 2.11. The third-order valence-electron chi connectivity index (χ3n) is 3.04. The van der Waals surface area contributed by atoms with E-state index in [1.54, 1.807) is 25.8 Å². The number of pyridine rings is 1. The molecule has 2 rings (SSSR count). The lowest BCUT2D eigenvalue weighted by molar-refractivity contribution is 0.0985. The first-order valence-electron chi connectivity index (χ1n) is 5.67. The van der Waals surface area contributed by atoms with Crippen LogP contribution in [0.2, 0.25) is 0 Å². The minimum atomic E-state index is -0.245. The highest BCUT2D eigenvalue weighted by Gasteiger charge is 2.35. The van der Waals surface area contributed by atoms with Crippen molar-refractivity contribution >= 4 is 46.9 Å². The summed E-state index contributed by atoms with van der Waals surface area (Å²) in [4.78, 5) is 38.5. The van der Waals surface area contributed by atoms with Crippen molar-refractivity contribution in [2.75, 3.05) is 18.8 Å². The summed E-state index contributed by atoms with van der Waals surface area (Å²) in [7, 11) is 1.59. The first kappa shape index (κ1) is 15.5. The number of nitrogens with zero attached hydrogens (tertiary/aromatic N) is 1. The summed E-state index contributed by atoms with van der Waals surface area (Å²) in [6.07, 6.45) is 6.74. The van der Waals surface area contributed by atoms with Gasteiger partial charge in [-0.15, -0.1) is 35.3 Å². The average Bonchev–Trinajstić information content (AvgIpc) is 2.44. The summed E-state index contributed by atoms with van der Waals surface area (Å²) < 4.78 is 1.36. The van der Waals surface area contributed by atoms with Crippen LogP contribution in [0, 0.1) is 0 Å². The van der Waals surface area contributed by atoms with Crippen molar-refractivity contribution in [1.82, 2.24) is 4.57 Å². The maximum atomic E-state index is 12.6. The highest BCUT2D eigenvalue weighted by molar-refractivity contribution is 8.07. The number of aryl methyl sites for hydroxylation is 1. The van der Waals surface area contributed by atoms with Crippen molar-refractivity contribution in [3.05, 3.63) is 37.5 Å². The van der Waals surface area contributed by atoms with Crippen LogP contribution >= 0.6 is 35.3 Å². The molecule has 0 fully saturated rings. The maximum Gasteiger partial charge on any atom is 0.264 e. The van der Waals surface area contributed by atoms with Crippen molar-refractivity contribution in [3.63, 3.8) is 0 Å². The molecule has 0 N–H and O–H groups in total. The minimum absolute atomic E-state index is 0.178. The molecule has 1 aromatic heterocycles. The Morgan fingerprint density at radius 2 is 1.45 bits per heavy atom. The predicted octanol–water partition coefficient (Wildman–Crippen LogP) is 2.42. The second kappa shape index (κ2) is 5.83. The largest absolute Gasteiger partial charge is 0.317 e. The van der Waals surface area contributed by atoms with Crippen LogP contribution in [0.1, 0.15) is 20.7 Å². The molecular weight excluding hydrogens is 314 g/mol. The molecule has 1 aliphatic rings. The molecule has 1 aromatic rings. The Balaban J connectivity index is 2.86. The zero-order chi connectivity index (χ0) is 15.0. The second-order valence-electron chi connectivity index (χ2n) is 4.09. The number of aromatic nitrogens is 1. The molecule has 0 saturated heterocycles. The van der Waals surface area contributed by atoms with Gasteiger partial charge in [-0.3, -0.25) is 14.4 Å². The standard InChI is InChI=1S/C13H13NO3S3/c1-14-5-6-7(10(18-2)13(14)17)9(16)12(20-4)11(19-3)8(6)15/h5H,1-4H3. The van der Waals surface area contributed by atoms with Crippen molar-refractivity contribution in [2.45, 2.75) is 4.90 Å². The molecule has 0 radical (unpaired) electrons. The van der Waals surface area contributed by atoms with Crippen LogP contribution in [0.3, 0.4) is 0 Å². The maximum absolute atomic E-state index is 12.6. The van der Waals surface area contributed by atoms with E-state index in [0.29, 0.717) is 20.3 Å². The zero-order valence-electron chi connectivity index (χ0n) is 11.5. The molecule has 0 saturated carbocycles. The normalized spacial score (nSPS) is 14.8. The number of thioether (sulfide) groups is 3. The smallest absolute Gasteiger partial charge is 0.264 e. The molecule has 1 heterocycles. The summed E-state index contributed by atoms with van der Waals surface area (Å²) in [5, 5.41) is 0. The topological polar surface area (TPSA) is 56.1 Å². The molecule has 1 aliphatic carbocycles. The molecule has 0 unspecified atom stereocenters. The number of carbonyl (C=O) groups excluding carboxylic acids is 2. The van der Waals surface area contributed by atoms with Gasteiger partial charge in [0.2, 0.25) is 11.6 Å². The Kier molecular flexibility index (Phi) is 4.51. The number of carbonyl (C=O) groups is 2. The first-order valence-corrected chi connectivity index (χ1v) is 9.34.